The summed E-state index contributed by atoms with van der Waals surface area (Å²) in [5.41, 5.74) is 3.48. The minimum absolute atomic E-state index is 0.0297. The predicted molar refractivity (Wildman–Crippen MR) is 115 cm³/mol. The fourth-order valence-corrected chi connectivity index (χ4v) is 5.07. The Bertz CT molecular complexity index is 914. The van der Waals surface area contributed by atoms with Crippen molar-refractivity contribution < 1.29 is 13.2 Å². The Morgan fingerprint density at radius 1 is 1.00 bits per heavy atom. The van der Waals surface area contributed by atoms with E-state index in [1.165, 1.54) is 9.87 Å². The van der Waals surface area contributed by atoms with E-state index >= 15 is 0 Å². The molecule has 0 radical (unpaired) electrons. The van der Waals surface area contributed by atoms with Crippen molar-refractivity contribution in [3.8, 4) is 0 Å². The van der Waals surface area contributed by atoms with Crippen LogP contribution in [-0.2, 0) is 27.7 Å². The van der Waals surface area contributed by atoms with E-state index in [4.69, 9.17) is 0 Å². The highest BCUT2D eigenvalue weighted by atomic mass is 32.2. The number of hydrogen-bond donors (Lipinski definition) is 1. The number of hydrogen-bond acceptors (Lipinski definition) is 3. The van der Waals surface area contributed by atoms with Crippen LogP contribution in [0.4, 0.5) is 0 Å². The number of piperidine rings is 1. The summed E-state index contributed by atoms with van der Waals surface area (Å²) >= 11 is 0. The van der Waals surface area contributed by atoms with Gasteiger partial charge in [0.25, 0.3) is 0 Å². The van der Waals surface area contributed by atoms with Gasteiger partial charge in [-0.2, -0.15) is 4.31 Å². The lowest BCUT2D eigenvalue weighted by atomic mass is 10.1. The number of nitrogens with one attached hydrogen (secondary N) is 1. The minimum Gasteiger partial charge on any atom is -0.353 e. The molecule has 29 heavy (non-hydrogen) atoms. The van der Waals surface area contributed by atoms with Crippen molar-refractivity contribution in [3.05, 3.63) is 65.2 Å². The first-order valence-corrected chi connectivity index (χ1v) is 11.8. The van der Waals surface area contributed by atoms with Gasteiger partial charge in [0.1, 0.15) is 0 Å². The van der Waals surface area contributed by atoms with Crippen molar-refractivity contribution in [2.45, 2.75) is 56.9 Å². The molecule has 0 saturated carbocycles. The lowest BCUT2D eigenvalue weighted by Crippen LogP contribution is -2.46. The maximum Gasteiger partial charge on any atom is 0.243 e. The molecule has 0 aromatic heterocycles. The molecule has 156 valence electrons. The first-order chi connectivity index (χ1) is 13.9. The number of sulfonamides is 1. The van der Waals surface area contributed by atoms with Crippen molar-refractivity contribution in [3.63, 3.8) is 0 Å². The Kier molecular flexibility index (Phi) is 7.09. The predicted octanol–water partition coefficient (Wildman–Crippen LogP) is 3.46. The molecule has 0 aliphatic carbocycles. The zero-order valence-electron chi connectivity index (χ0n) is 17.2. The van der Waals surface area contributed by atoms with Crippen LogP contribution in [0.5, 0.6) is 0 Å². The fraction of sp³-hybridized carbons (Fsp3) is 0.435. The van der Waals surface area contributed by atoms with E-state index in [9.17, 15) is 13.2 Å². The van der Waals surface area contributed by atoms with E-state index in [-0.39, 0.29) is 11.9 Å². The molecule has 1 aliphatic heterocycles. The van der Waals surface area contributed by atoms with Crippen molar-refractivity contribution in [1.82, 2.24) is 9.62 Å². The Balaban J connectivity index is 1.47. The third kappa shape index (κ3) is 5.67. The molecule has 2 aromatic carbocycles. The van der Waals surface area contributed by atoms with Crippen LogP contribution >= 0.6 is 0 Å². The van der Waals surface area contributed by atoms with Gasteiger partial charge in [-0.3, -0.25) is 4.79 Å². The second kappa shape index (κ2) is 9.55. The van der Waals surface area contributed by atoms with Crippen LogP contribution in [0, 0.1) is 6.92 Å². The molecule has 1 amide bonds. The van der Waals surface area contributed by atoms with E-state index in [1.54, 1.807) is 12.1 Å². The molecule has 0 bridgehead atoms. The van der Waals surface area contributed by atoms with Crippen LogP contribution in [0.15, 0.2) is 53.4 Å². The number of carbonyl (C=O) groups excluding carboxylic acids is 1. The molecule has 5 nitrogen and oxygen atoms in total. The van der Waals surface area contributed by atoms with Gasteiger partial charge in [-0.05, 0) is 55.9 Å². The van der Waals surface area contributed by atoms with E-state index in [0.717, 1.165) is 17.5 Å². The molecule has 0 atom stereocenters. The lowest BCUT2D eigenvalue weighted by molar-refractivity contribution is -0.122. The summed E-state index contributed by atoms with van der Waals surface area (Å²) in [7, 11) is -3.47. The summed E-state index contributed by atoms with van der Waals surface area (Å²) in [6.07, 6.45) is 3.33. The van der Waals surface area contributed by atoms with Gasteiger partial charge in [-0.25, -0.2) is 8.42 Å². The van der Waals surface area contributed by atoms with Gasteiger partial charge in [0.15, 0.2) is 0 Å². The molecular weight excluding hydrogens is 384 g/mol. The average molecular weight is 415 g/mol. The van der Waals surface area contributed by atoms with Crippen LogP contribution < -0.4 is 5.32 Å². The van der Waals surface area contributed by atoms with Gasteiger partial charge >= 0.3 is 0 Å². The standard InChI is InChI=1S/C23H30N2O3S/c1-3-19-8-11-22(12-9-19)29(27,28)25-16-14-21(15-17-25)24-23(26)13-10-20-6-4-18(2)5-7-20/h4-9,11-12,21H,3,10,13-17H2,1-2H3,(H,24,26). The molecular formula is C23H30N2O3S. The average Bonchev–Trinajstić information content (AvgIpc) is 2.74. The second-order valence-electron chi connectivity index (χ2n) is 7.73. The van der Waals surface area contributed by atoms with E-state index in [0.29, 0.717) is 43.7 Å². The van der Waals surface area contributed by atoms with Gasteiger partial charge in [0.05, 0.1) is 4.90 Å². The number of benzene rings is 2. The van der Waals surface area contributed by atoms with Crippen LogP contribution in [0.3, 0.4) is 0 Å². The molecule has 2 aromatic rings. The fourth-order valence-electron chi connectivity index (χ4n) is 3.60. The number of rotatable bonds is 7. The topological polar surface area (TPSA) is 66.5 Å². The van der Waals surface area contributed by atoms with E-state index in [2.05, 4.69) is 29.6 Å². The van der Waals surface area contributed by atoms with Gasteiger partial charge in [0, 0.05) is 25.6 Å². The Hall–Kier alpha value is -2.18. The summed E-state index contributed by atoms with van der Waals surface area (Å²) < 4.78 is 27.2. The molecule has 1 aliphatic rings. The monoisotopic (exact) mass is 414 g/mol. The van der Waals surface area contributed by atoms with Crippen LogP contribution in [0.2, 0.25) is 0 Å². The van der Waals surface area contributed by atoms with E-state index < -0.39 is 10.0 Å². The largest absolute Gasteiger partial charge is 0.353 e. The zero-order valence-corrected chi connectivity index (χ0v) is 18.0. The lowest BCUT2D eigenvalue weighted by Gasteiger charge is -2.31. The quantitative estimate of drug-likeness (QED) is 0.755. The van der Waals surface area contributed by atoms with Crippen LogP contribution in [0.1, 0.15) is 42.9 Å². The Labute approximate surface area is 174 Å². The molecule has 1 fully saturated rings. The molecule has 1 saturated heterocycles. The van der Waals surface area contributed by atoms with E-state index in [1.807, 2.05) is 26.0 Å². The highest BCUT2D eigenvalue weighted by Gasteiger charge is 2.29. The van der Waals surface area contributed by atoms with Gasteiger partial charge in [-0.1, -0.05) is 48.9 Å². The Morgan fingerprint density at radius 3 is 2.17 bits per heavy atom. The number of nitrogens with zero attached hydrogens (tertiary/aromatic N) is 1. The van der Waals surface area contributed by atoms with Crippen LogP contribution in [0.25, 0.3) is 0 Å². The maximum absolute atomic E-state index is 12.8. The summed E-state index contributed by atoms with van der Waals surface area (Å²) in [5.74, 6) is 0.0297. The SMILES string of the molecule is CCc1ccc(S(=O)(=O)N2CCC(NC(=O)CCc3ccc(C)cc3)CC2)cc1. The summed E-state index contributed by atoms with van der Waals surface area (Å²) in [6, 6.07) is 15.4. The number of carbonyl (C=O) groups is 1. The first kappa shape index (κ1) is 21.5. The molecule has 6 heteroatoms. The molecule has 1 N–H and O–H groups in total. The molecule has 0 unspecified atom stereocenters. The van der Waals surface area contributed by atoms with Crippen molar-refractivity contribution >= 4 is 15.9 Å². The van der Waals surface area contributed by atoms with Gasteiger partial charge < -0.3 is 5.32 Å². The minimum atomic E-state index is -3.47. The second-order valence-corrected chi connectivity index (χ2v) is 9.67. The third-order valence-corrected chi connectivity index (χ3v) is 7.46. The van der Waals surface area contributed by atoms with Gasteiger partial charge in [-0.15, -0.1) is 0 Å². The molecule has 3 rings (SSSR count). The third-order valence-electron chi connectivity index (χ3n) is 5.55. The van der Waals surface area contributed by atoms with Gasteiger partial charge in [0.2, 0.25) is 15.9 Å². The Morgan fingerprint density at radius 2 is 1.59 bits per heavy atom. The molecule has 1 heterocycles. The van der Waals surface area contributed by atoms with Crippen molar-refractivity contribution in [2.24, 2.45) is 0 Å². The normalized spacial score (nSPS) is 15.9. The zero-order chi connectivity index (χ0) is 20.9. The smallest absolute Gasteiger partial charge is 0.243 e. The number of amides is 1. The summed E-state index contributed by atoms with van der Waals surface area (Å²) in [5, 5.41) is 3.07. The van der Waals surface area contributed by atoms with Crippen molar-refractivity contribution in [1.29, 1.82) is 0 Å². The molecule has 0 spiro atoms. The number of aryl methyl sites for hydroxylation is 3. The van der Waals surface area contributed by atoms with Crippen LogP contribution in [-0.4, -0.2) is 37.8 Å². The maximum atomic E-state index is 12.8. The summed E-state index contributed by atoms with van der Waals surface area (Å²) in [4.78, 5) is 12.6. The summed E-state index contributed by atoms with van der Waals surface area (Å²) in [6.45, 7) is 4.95. The highest BCUT2D eigenvalue weighted by molar-refractivity contribution is 7.89. The first-order valence-electron chi connectivity index (χ1n) is 10.3. The highest BCUT2D eigenvalue weighted by Crippen LogP contribution is 2.21. The van der Waals surface area contributed by atoms with Crippen molar-refractivity contribution in [2.75, 3.05) is 13.1 Å².